The van der Waals surface area contributed by atoms with E-state index in [2.05, 4.69) is 49.4 Å². The van der Waals surface area contributed by atoms with Crippen molar-refractivity contribution < 1.29 is 44.0 Å². The van der Waals surface area contributed by atoms with Gasteiger partial charge in [-0.05, 0) is 0 Å². The Balaban J connectivity index is 0.00000144. The number of hydrogen-bond acceptors (Lipinski definition) is 0. The summed E-state index contributed by atoms with van der Waals surface area (Å²) in [4.78, 5) is 0. The van der Waals surface area contributed by atoms with Crippen molar-refractivity contribution in [2.75, 3.05) is 0 Å². The Labute approximate surface area is 132 Å². The summed E-state index contributed by atoms with van der Waals surface area (Å²) in [7, 11) is 0. The van der Waals surface area contributed by atoms with Gasteiger partial charge in [0.15, 0.2) is 0 Å². The minimum Gasteiger partial charge on any atom is -1.00 e. The molecular formula is C15H18Cl2Ti. The number of unbranched alkanes of at least 4 members (excludes halogenated alkanes) is 1. The maximum Gasteiger partial charge on any atom is -1.00 e. The molecule has 0 aromatic heterocycles. The summed E-state index contributed by atoms with van der Waals surface area (Å²) in [6.45, 7) is 2.27. The second kappa shape index (κ2) is 9.86. The van der Waals surface area contributed by atoms with Crippen molar-refractivity contribution in [2.45, 2.75) is 32.6 Å². The zero-order valence-electron chi connectivity index (χ0n) is 10.6. The first kappa shape index (κ1) is 18.0. The van der Waals surface area contributed by atoms with Crippen LogP contribution in [0, 0.1) is 0 Å². The van der Waals surface area contributed by atoms with Gasteiger partial charge in [-0.1, -0.05) is 0 Å². The molecule has 0 saturated carbocycles. The molecule has 1 aliphatic carbocycles. The molecule has 0 nitrogen and oxygen atoms in total. The van der Waals surface area contributed by atoms with Gasteiger partial charge in [-0.15, -0.1) is 0 Å². The third-order valence-corrected chi connectivity index (χ3v) is 5.16. The van der Waals surface area contributed by atoms with Gasteiger partial charge < -0.3 is 24.8 Å². The van der Waals surface area contributed by atoms with E-state index in [1.54, 1.807) is 13.3 Å². The first-order chi connectivity index (χ1) is 7.90. The van der Waals surface area contributed by atoms with Gasteiger partial charge in [0.05, 0.1) is 0 Å². The molecule has 0 spiro atoms. The number of halogens is 2. The first-order valence-electron chi connectivity index (χ1n) is 6.11. The summed E-state index contributed by atoms with van der Waals surface area (Å²) in [6, 6.07) is 11.0. The summed E-state index contributed by atoms with van der Waals surface area (Å²) in [5, 5.41) is 0. The van der Waals surface area contributed by atoms with Crippen LogP contribution in [0.15, 0.2) is 51.9 Å². The predicted octanol–water partition coefficient (Wildman–Crippen LogP) is -2.19. The van der Waals surface area contributed by atoms with Crippen LogP contribution in [0.25, 0.3) is 0 Å². The van der Waals surface area contributed by atoms with Crippen molar-refractivity contribution in [3.05, 3.63) is 51.9 Å². The van der Waals surface area contributed by atoms with Crippen molar-refractivity contribution in [2.24, 2.45) is 0 Å². The molecule has 0 aliphatic heterocycles. The van der Waals surface area contributed by atoms with Crippen LogP contribution in [0.3, 0.4) is 0 Å². The molecule has 0 bridgehead atoms. The van der Waals surface area contributed by atoms with Gasteiger partial charge in [-0.25, -0.2) is 0 Å². The van der Waals surface area contributed by atoms with Crippen molar-refractivity contribution in [1.29, 1.82) is 0 Å². The summed E-state index contributed by atoms with van der Waals surface area (Å²) >= 11 is -0.0607. The van der Waals surface area contributed by atoms with Crippen LogP contribution < -0.4 is 28.7 Å². The molecule has 0 radical (unpaired) electrons. The van der Waals surface area contributed by atoms with Gasteiger partial charge in [-0.2, -0.15) is 0 Å². The molecule has 18 heavy (non-hydrogen) atoms. The van der Waals surface area contributed by atoms with E-state index >= 15 is 0 Å². The van der Waals surface area contributed by atoms with E-state index < -0.39 is 0 Å². The van der Waals surface area contributed by atoms with Crippen LogP contribution in [-0.4, -0.2) is 0 Å². The fourth-order valence-corrected chi connectivity index (χ4v) is 4.00. The topological polar surface area (TPSA) is 0 Å². The van der Waals surface area contributed by atoms with Crippen molar-refractivity contribution >= 4 is 3.87 Å². The number of allylic oxidation sites excluding steroid dienone is 4. The summed E-state index contributed by atoms with van der Waals surface area (Å²) < 4.78 is 3.31. The Hall–Kier alpha value is -0.00571. The smallest absolute Gasteiger partial charge is 1.00 e. The van der Waals surface area contributed by atoms with Gasteiger partial charge in [0.25, 0.3) is 0 Å². The fourth-order valence-electron chi connectivity index (χ4n) is 1.98. The Morgan fingerprint density at radius 1 is 1.11 bits per heavy atom. The molecule has 0 saturated heterocycles. The monoisotopic (exact) mass is 316 g/mol. The first-order valence-corrected chi connectivity index (χ1v) is 7.67. The molecule has 0 atom stereocenters. The zero-order valence-corrected chi connectivity index (χ0v) is 13.7. The molecular weight excluding hydrogens is 299 g/mol. The Morgan fingerprint density at radius 2 is 1.83 bits per heavy atom. The molecule has 0 fully saturated rings. The standard InChI is InChI=1S/C9H13.C6H5.2ClH.Ti/c1-2-3-6-9-7-4-5-8-9;1-2-4-6-5-3-1;;;/h4,7H,2-3,5-6H2,1H3;1-5H;2*1H;/q;;;;+2/p-2. The fraction of sp³-hybridized carbons (Fsp3) is 0.333. The third-order valence-electron chi connectivity index (χ3n) is 2.90. The molecule has 0 unspecified atom stereocenters. The molecule has 2 rings (SSSR count). The van der Waals surface area contributed by atoms with E-state index in [0.717, 1.165) is 0 Å². The molecule has 1 aromatic carbocycles. The van der Waals surface area contributed by atoms with Crippen LogP contribution in [0.4, 0.5) is 0 Å². The minimum absolute atomic E-state index is 0. The normalized spacial score (nSPS) is 12.7. The van der Waals surface area contributed by atoms with Crippen LogP contribution in [0.1, 0.15) is 32.6 Å². The van der Waals surface area contributed by atoms with Crippen LogP contribution in [-0.2, 0) is 19.2 Å². The number of hydrogen-bond donors (Lipinski definition) is 0. The molecule has 1 aliphatic rings. The van der Waals surface area contributed by atoms with Crippen LogP contribution in [0.5, 0.6) is 0 Å². The quantitative estimate of drug-likeness (QED) is 0.541. The van der Waals surface area contributed by atoms with Crippen LogP contribution >= 0.6 is 0 Å². The van der Waals surface area contributed by atoms with Gasteiger partial charge in [0, 0.05) is 0 Å². The maximum absolute atomic E-state index is 2.36. The summed E-state index contributed by atoms with van der Waals surface area (Å²) in [6.07, 6.45) is 9.84. The number of benzene rings is 1. The summed E-state index contributed by atoms with van der Waals surface area (Å²) in [5.41, 5.74) is 1.64. The molecule has 96 valence electrons. The van der Waals surface area contributed by atoms with E-state index in [-0.39, 0.29) is 44.0 Å². The summed E-state index contributed by atoms with van der Waals surface area (Å²) in [5.74, 6) is 0. The Bertz CT molecular complexity index is 396. The molecule has 0 heterocycles. The van der Waals surface area contributed by atoms with E-state index in [4.69, 9.17) is 0 Å². The Kier molecular flexibility index (Phi) is 9.86. The zero-order chi connectivity index (χ0) is 11.2. The van der Waals surface area contributed by atoms with Crippen LogP contribution in [0.2, 0.25) is 0 Å². The van der Waals surface area contributed by atoms with E-state index in [1.165, 1.54) is 25.7 Å². The maximum atomic E-state index is 2.36. The largest absolute Gasteiger partial charge is 1.00 e. The molecule has 0 N–H and O–H groups in total. The Morgan fingerprint density at radius 3 is 2.50 bits per heavy atom. The predicted molar refractivity (Wildman–Crippen MR) is 66.4 cm³/mol. The average Bonchev–Trinajstić information content (AvgIpc) is 2.75. The van der Waals surface area contributed by atoms with E-state index in [9.17, 15) is 0 Å². The van der Waals surface area contributed by atoms with Gasteiger partial charge >= 0.3 is 108 Å². The van der Waals surface area contributed by atoms with E-state index in [1.807, 2.05) is 0 Å². The average molecular weight is 317 g/mol. The van der Waals surface area contributed by atoms with Gasteiger partial charge in [0.2, 0.25) is 0 Å². The van der Waals surface area contributed by atoms with Crippen molar-refractivity contribution in [3.8, 4) is 0 Å². The van der Waals surface area contributed by atoms with Gasteiger partial charge in [0.1, 0.15) is 0 Å². The second-order valence-corrected chi connectivity index (χ2v) is 6.44. The SMILES string of the molecule is CCCCC1=[C]([Ti+2][c]2ccccc2)CC=C1.[Cl-].[Cl-]. The molecule has 1 aromatic rings. The number of rotatable bonds is 5. The van der Waals surface area contributed by atoms with Gasteiger partial charge in [-0.3, -0.25) is 0 Å². The second-order valence-electron chi connectivity index (χ2n) is 4.20. The van der Waals surface area contributed by atoms with Crippen molar-refractivity contribution in [3.63, 3.8) is 0 Å². The van der Waals surface area contributed by atoms with E-state index in [0.29, 0.717) is 0 Å². The van der Waals surface area contributed by atoms with Crippen molar-refractivity contribution in [1.82, 2.24) is 0 Å². The third kappa shape index (κ3) is 5.32. The minimum atomic E-state index is -0.0607. The molecule has 3 heteroatoms. The molecule has 0 amide bonds.